The molecule has 0 fully saturated rings. The monoisotopic (exact) mass is 203 g/mol. The van der Waals surface area contributed by atoms with Crippen LogP contribution in [0.25, 0.3) is 0 Å². The predicted octanol–water partition coefficient (Wildman–Crippen LogP) is 3.37. The molecule has 1 atom stereocenters. The van der Waals surface area contributed by atoms with Gasteiger partial charge in [-0.25, -0.2) is 0 Å². The molecule has 1 aromatic rings. The highest BCUT2D eigenvalue weighted by Crippen LogP contribution is 2.27. The molecule has 1 unspecified atom stereocenters. The highest BCUT2D eigenvalue weighted by atomic mass is 14.6. The summed E-state index contributed by atoms with van der Waals surface area (Å²) in [5, 5.41) is 0. The highest BCUT2D eigenvalue weighted by Gasteiger charge is 2.15. The average Bonchev–Trinajstić information content (AvgIpc) is 2.42. The van der Waals surface area contributed by atoms with Crippen molar-refractivity contribution in [3.05, 3.63) is 34.9 Å². The van der Waals surface area contributed by atoms with Crippen LogP contribution in [0, 0.1) is 0 Å². The van der Waals surface area contributed by atoms with Gasteiger partial charge in [0.25, 0.3) is 0 Å². The molecule has 1 heteroatoms. The third-order valence-electron chi connectivity index (χ3n) is 3.36. The van der Waals surface area contributed by atoms with E-state index in [-0.39, 0.29) is 6.04 Å². The van der Waals surface area contributed by atoms with Crippen molar-refractivity contribution in [3.8, 4) is 0 Å². The Kier molecular flexibility index (Phi) is 3.42. The van der Waals surface area contributed by atoms with Crippen molar-refractivity contribution in [2.75, 3.05) is 0 Å². The maximum absolute atomic E-state index is 6.21. The number of rotatable bonds is 2. The van der Waals surface area contributed by atoms with Crippen molar-refractivity contribution in [1.82, 2.24) is 0 Å². The van der Waals surface area contributed by atoms with Gasteiger partial charge in [-0.1, -0.05) is 38.0 Å². The average molecular weight is 203 g/mol. The summed E-state index contributed by atoms with van der Waals surface area (Å²) in [6, 6.07) is 7.19. The summed E-state index contributed by atoms with van der Waals surface area (Å²) in [5.41, 5.74) is 10.6. The fourth-order valence-corrected chi connectivity index (χ4v) is 2.50. The molecule has 1 nitrogen and oxygen atoms in total. The highest BCUT2D eigenvalue weighted by molar-refractivity contribution is 5.35. The second-order valence-corrected chi connectivity index (χ2v) is 4.64. The summed E-state index contributed by atoms with van der Waals surface area (Å²) in [6.45, 7) is 2.23. The second kappa shape index (κ2) is 4.80. The van der Waals surface area contributed by atoms with Crippen LogP contribution in [0.2, 0.25) is 0 Å². The van der Waals surface area contributed by atoms with Gasteiger partial charge in [0.2, 0.25) is 0 Å². The molecule has 0 saturated heterocycles. The smallest absolute Gasteiger partial charge is 0.0297 e. The van der Waals surface area contributed by atoms with Crippen LogP contribution in [0.4, 0.5) is 0 Å². The minimum absolute atomic E-state index is 0.277. The molecule has 0 saturated carbocycles. The Balaban J connectivity index is 2.31. The lowest BCUT2D eigenvalue weighted by Gasteiger charge is -2.14. The van der Waals surface area contributed by atoms with Gasteiger partial charge in [-0.05, 0) is 42.4 Å². The molecule has 1 aliphatic rings. The van der Waals surface area contributed by atoms with Crippen LogP contribution in [0.1, 0.15) is 55.3 Å². The Morgan fingerprint density at radius 3 is 3.00 bits per heavy atom. The standard InChI is InChI=1S/C14H21N/c1-2-5-11-8-9-12-6-3-4-7-14(15)13(12)10-11/h8-10,14H,2-7,15H2,1H3. The Morgan fingerprint density at radius 1 is 1.33 bits per heavy atom. The van der Waals surface area contributed by atoms with E-state index in [0.717, 1.165) is 6.42 Å². The molecule has 0 radical (unpaired) electrons. The molecule has 0 amide bonds. The molecule has 0 bridgehead atoms. The van der Waals surface area contributed by atoms with E-state index >= 15 is 0 Å². The largest absolute Gasteiger partial charge is 0.324 e. The van der Waals surface area contributed by atoms with E-state index in [1.54, 1.807) is 0 Å². The molecule has 0 heterocycles. The van der Waals surface area contributed by atoms with Crippen LogP contribution < -0.4 is 5.73 Å². The number of aryl methyl sites for hydroxylation is 2. The fraction of sp³-hybridized carbons (Fsp3) is 0.571. The number of hydrogen-bond donors (Lipinski definition) is 1. The third-order valence-corrected chi connectivity index (χ3v) is 3.36. The molecule has 0 aliphatic heterocycles. The van der Waals surface area contributed by atoms with E-state index in [4.69, 9.17) is 5.73 Å². The zero-order valence-electron chi connectivity index (χ0n) is 9.63. The molecule has 1 aromatic carbocycles. The molecule has 1 aliphatic carbocycles. The van der Waals surface area contributed by atoms with Gasteiger partial charge >= 0.3 is 0 Å². The maximum atomic E-state index is 6.21. The Hall–Kier alpha value is -0.820. The van der Waals surface area contributed by atoms with Crippen LogP contribution in [0.5, 0.6) is 0 Å². The van der Waals surface area contributed by atoms with E-state index < -0.39 is 0 Å². The first-order chi connectivity index (χ1) is 7.31. The van der Waals surface area contributed by atoms with Gasteiger partial charge < -0.3 is 5.73 Å². The lowest BCUT2D eigenvalue weighted by Crippen LogP contribution is -2.10. The number of hydrogen-bond acceptors (Lipinski definition) is 1. The van der Waals surface area contributed by atoms with E-state index in [0.29, 0.717) is 0 Å². The van der Waals surface area contributed by atoms with E-state index in [2.05, 4.69) is 25.1 Å². The molecule has 0 aromatic heterocycles. The van der Waals surface area contributed by atoms with Gasteiger partial charge in [-0.2, -0.15) is 0 Å². The van der Waals surface area contributed by atoms with Crippen molar-refractivity contribution in [3.63, 3.8) is 0 Å². The van der Waals surface area contributed by atoms with Crippen molar-refractivity contribution >= 4 is 0 Å². The molecular weight excluding hydrogens is 182 g/mol. The molecule has 82 valence electrons. The summed E-state index contributed by atoms with van der Waals surface area (Å²) in [5.74, 6) is 0. The van der Waals surface area contributed by atoms with Crippen molar-refractivity contribution in [2.45, 2.75) is 51.5 Å². The van der Waals surface area contributed by atoms with Gasteiger partial charge in [-0.15, -0.1) is 0 Å². The first-order valence-electron chi connectivity index (χ1n) is 6.18. The minimum Gasteiger partial charge on any atom is -0.324 e. The SMILES string of the molecule is CCCc1ccc2c(c1)C(N)CCCC2. The zero-order chi connectivity index (χ0) is 10.7. The summed E-state index contributed by atoms with van der Waals surface area (Å²) in [7, 11) is 0. The molecule has 2 rings (SSSR count). The topological polar surface area (TPSA) is 26.0 Å². The zero-order valence-corrected chi connectivity index (χ0v) is 9.63. The minimum atomic E-state index is 0.277. The van der Waals surface area contributed by atoms with Crippen molar-refractivity contribution < 1.29 is 0 Å². The van der Waals surface area contributed by atoms with E-state index in [1.807, 2.05) is 0 Å². The van der Waals surface area contributed by atoms with Crippen LogP contribution in [0.3, 0.4) is 0 Å². The van der Waals surface area contributed by atoms with E-state index in [9.17, 15) is 0 Å². The summed E-state index contributed by atoms with van der Waals surface area (Å²) in [4.78, 5) is 0. The number of benzene rings is 1. The number of fused-ring (bicyclic) bond motifs is 1. The quantitative estimate of drug-likeness (QED) is 0.733. The molecule has 2 N–H and O–H groups in total. The van der Waals surface area contributed by atoms with Crippen molar-refractivity contribution in [2.24, 2.45) is 5.73 Å². The lowest BCUT2D eigenvalue weighted by atomic mass is 9.96. The number of nitrogens with two attached hydrogens (primary N) is 1. The van der Waals surface area contributed by atoms with E-state index in [1.165, 1.54) is 48.8 Å². The van der Waals surface area contributed by atoms with Crippen LogP contribution in [-0.2, 0) is 12.8 Å². The van der Waals surface area contributed by atoms with Gasteiger partial charge in [0.1, 0.15) is 0 Å². The predicted molar refractivity (Wildman–Crippen MR) is 64.9 cm³/mol. The Bertz CT molecular complexity index is 330. The Morgan fingerprint density at radius 2 is 2.20 bits per heavy atom. The van der Waals surface area contributed by atoms with Gasteiger partial charge in [0.15, 0.2) is 0 Å². The van der Waals surface area contributed by atoms with Crippen LogP contribution in [-0.4, -0.2) is 0 Å². The van der Waals surface area contributed by atoms with Gasteiger partial charge in [0.05, 0.1) is 0 Å². The lowest BCUT2D eigenvalue weighted by molar-refractivity contribution is 0.614. The van der Waals surface area contributed by atoms with Gasteiger partial charge in [-0.3, -0.25) is 0 Å². The maximum Gasteiger partial charge on any atom is 0.0297 e. The Labute approximate surface area is 92.7 Å². The fourth-order valence-electron chi connectivity index (χ4n) is 2.50. The van der Waals surface area contributed by atoms with Gasteiger partial charge in [0, 0.05) is 6.04 Å². The first-order valence-corrected chi connectivity index (χ1v) is 6.18. The van der Waals surface area contributed by atoms with Crippen LogP contribution in [0.15, 0.2) is 18.2 Å². The summed E-state index contributed by atoms with van der Waals surface area (Å²) < 4.78 is 0. The molecule has 0 spiro atoms. The van der Waals surface area contributed by atoms with Crippen molar-refractivity contribution in [1.29, 1.82) is 0 Å². The first kappa shape index (κ1) is 10.7. The molecular formula is C14H21N. The summed E-state index contributed by atoms with van der Waals surface area (Å²) in [6.07, 6.45) is 7.35. The normalized spacial score (nSPS) is 20.8. The second-order valence-electron chi connectivity index (χ2n) is 4.64. The third kappa shape index (κ3) is 2.40. The van der Waals surface area contributed by atoms with Crippen LogP contribution >= 0.6 is 0 Å². The summed E-state index contributed by atoms with van der Waals surface area (Å²) >= 11 is 0. The molecule has 15 heavy (non-hydrogen) atoms.